The predicted molar refractivity (Wildman–Crippen MR) is 134 cm³/mol. The van der Waals surface area contributed by atoms with Gasteiger partial charge in [-0.05, 0) is 53.6 Å². The third kappa shape index (κ3) is 7.72. The Hall–Kier alpha value is -4.79. The summed E-state index contributed by atoms with van der Waals surface area (Å²) >= 11 is 0. The van der Waals surface area contributed by atoms with Crippen LogP contribution in [0.5, 0.6) is 0 Å². The molecule has 0 atom stereocenters. The number of rotatable bonds is 8. The molecule has 0 saturated carbocycles. The summed E-state index contributed by atoms with van der Waals surface area (Å²) in [6.45, 7) is 2.89. The second-order valence-corrected chi connectivity index (χ2v) is 7.26. The predicted octanol–water partition coefficient (Wildman–Crippen LogP) is 3.81. The van der Waals surface area contributed by atoms with Crippen molar-refractivity contribution in [3.8, 4) is 0 Å². The van der Waals surface area contributed by atoms with E-state index in [4.69, 9.17) is 0 Å². The van der Waals surface area contributed by atoms with Crippen molar-refractivity contribution in [3.63, 3.8) is 0 Å². The van der Waals surface area contributed by atoms with Gasteiger partial charge in [-0.25, -0.2) is 5.43 Å². The topological polar surface area (TPSA) is 124 Å². The van der Waals surface area contributed by atoms with Crippen molar-refractivity contribution in [3.05, 3.63) is 89.5 Å². The largest absolute Gasteiger partial charge is 0.326 e. The van der Waals surface area contributed by atoms with Gasteiger partial charge in [0.05, 0.1) is 18.1 Å². The normalized spacial score (nSPS) is 10.8. The lowest BCUT2D eigenvalue weighted by Gasteiger charge is -2.04. The Balaban J connectivity index is 1.53. The molecule has 9 heteroatoms. The number of hydrazone groups is 2. The van der Waals surface area contributed by atoms with E-state index < -0.39 is 0 Å². The van der Waals surface area contributed by atoms with Crippen LogP contribution >= 0.6 is 0 Å². The number of carbonyl (C=O) groups excluding carboxylic acids is 3. The molecule has 34 heavy (non-hydrogen) atoms. The van der Waals surface area contributed by atoms with Gasteiger partial charge in [0.2, 0.25) is 11.8 Å². The molecule has 0 aliphatic rings. The Kier molecular flexibility index (Phi) is 8.23. The van der Waals surface area contributed by atoms with E-state index in [-0.39, 0.29) is 17.7 Å². The summed E-state index contributed by atoms with van der Waals surface area (Å²) < 4.78 is 0. The third-order valence-electron chi connectivity index (χ3n) is 4.37. The van der Waals surface area contributed by atoms with E-state index in [9.17, 15) is 14.4 Å². The van der Waals surface area contributed by atoms with Gasteiger partial charge in [-0.3, -0.25) is 19.8 Å². The number of nitrogens with one attached hydrogen (secondary N) is 4. The lowest BCUT2D eigenvalue weighted by Crippen LogP contribution is -2.17. The summed E-state index contributed by atoms with van der Waals surface area (Å²) in [6.07, 6.45) is 3.14. The second kappa shape index (κ2) is 11.7. The monoisotopic (exact) mass is 456 g/mol. The van der Waals surface area contributed by atoms with Gasteiger partial charge in [0, 0.05) is 30.8 Å². The van der Waals surface area contributed by atoms with E-state index >= 15 is 0 Å². The zero-order valence-corrected chi connectivity index (χ0v) is 18.7. The number of hydrogen-bond acceptors (Lipinski definition) is 6. The van der Waals surface area contributed by atoms with Crippen molar-refractivity contribution < 1.29 is 14.4 Å². The molecule has 0 aliphatic carbocycles. The second-order valence-electron chi connectivity index (χ2n) is 7.26. The molecule has 0 radical (unpaired) electrons. The molecular formula is C25H24N6O3. The standard InChI is InChI=1S/C25H24N6O3/c1-17(32)28-22-10-6-19(7-11-22)15-26-30-24-5-3-4-21(14-24)25(34)31-27-16-20-8-12-23(13-9-20)29-18(2)33/h3-16,30H,1-2H3,(H,28,32)(H,29,33)(H,31,34)/b26-15+,27-16+. The first kappa shape index (κ1) is 23.9. The quantitative estimate of drug-likeness (QED) is 0.304. The Morgan fingerprint density at radius 2 is 1.21 bits per heavy atom. The van der Waals surface area contributed by atoms with Gasteiger partial charge in [0.25, 0.3) is 5.91 Å². The molecule has 0 heterocycles. The number of carbonyl (C=O) groups is 3. The highest BCUT2D eigenvalue weighted by molar-refractivity contribution is 5.96. The van der Waals surface area contributed by atoms with Gasteiger partial charge < -0.3 is 10.6 Å². The zero-order valence-electron chi connectivity index (χ0n) is 18.7. The zero-order chi connectivity index (χ0) is 24.3. The van der Waals surface area contributed by atoms with Gasteiger partial charge in [-0.2, -0.15) is 10.2 Å². The highest BCUT2D eigenvalue weighted by Gasteiger charge is 2.05. The van der Waals surface area contributed by atoms with Crippen molar-refractivity contribution in [2.45, 2.75) is 13.8 Å². The summed E-state index contributed by atoms with van der Waals surface area (Å²) in [4.78, 5) is 34.5. The van der Waals surface area contributed by atoms with Crippen LogP contribution in [0.1, 0.15) is 35.3 Å². The summed E-state index contributed by atoms with van der Waals surface area (Å²) in [5.74, 6) is -0.643. The molecule has 4 N–H and O–H groups in total. The maximum absolute atomic E-state index is 12.4. The Morgan fingerprint density at radius 1 is 0.676 bits per heavy atom. The third-order valence-corrected chi connectivity index (χ3v) is 4.37. The minimum absolute atomic E-state index is 0.130. The molecule has 0 spiro atoms. The average molecular weight is 457 g/mol. The molecule has 0 fully saturated rings. The van der Waals surface area contributed by atoms with Crippen LogP contribution in [-0.2, 0) is 9.59 Å². The van der Waals surface area contributed by atoms with Crippen LogP contribution in [0.4, 0.5) is 17.1 Å². The highest BCUT2D eigenvalue weighted by atomic mass is 16.2. The van der Waals surface area contributed by atoms with E-state index in [1.807, 2.05) is 12.1 Å². The first-order valence-electron chi connectivity index (χ1n) is 10.4. The van der Waals surface area contributed by atoms with Crippen LogP contribution < -0.4 is 21.5 Å². The van der Waals surface area contributed by atoms with E-state index in [0.29, 0.717) is 22.6 Å². The van der Waals surface area contributed by atoms with Crippen molar-refractivity contribution >= 4 is 47.2 Å². The highest BCUT2D eigenvalue weighted by Crippen LogP contribution is 2.12. The van der Waals surface area contributed by atoms with Crippen molar-refractivity contribution in [1.82, 2.24) is 5.43 Å². The summed E-state index contributed by atoms with van der Waals surface area (Å²) in [7, 11) is 0. The lowest BCUT2D eigenvalue weighted by atomic mass is 10.2. The molecule has 9 nitrogen and oxygen atoms in total. The molecule has 0 aromatic heterocycles. The number of anilines is 3. The fourth-order valence-corrected chi connectivity index (χ4v) is 2.85. The Bertz CT molecular complexity index is 1220. The maximum atomic E-state index is 12.4. The molecule has 0 aliphatic heterocycles. The van der Waals surface area contributed by atoms with Gasteiger partial charge in [0.15, 0.2) is 0 Å². The Labute approximate surface area is 197 Å². The molecule has 0 unspecified atom stereocenters. The average Bonchev–Trinajstić information content (AvgIpc) is 2.81. The van der Waals surface area contributed by atoms with Crippen molar-refractivity contribution in [2.24, 2.45) is 10.2 Å². The van der Waals surface area contributed by atoms with Crippen LogP contribution in [0.25, 0.3) is 0 Å². The molecule has 172 valence electrons. The molecule has 0 saturated heterocycles. The number of hydrogen-bond donors (Lipinski definition) is 4. The molecule has 3 amide bonds. The van der Waals surface area contributed by atoms with Crippen molar-refractivity contribution in [1.29, 1.82) is 0 Å². The number of nitrogens with zero attached hydrogens (tertiary/aromatic N) is 2. The molecule has 3 aromatic carbocycles. The molecular weight excluding hydrogens is 432 g/mol. The minimum Gasteiger partial charge on any atom is -0.326 e. The Morgan fingerprint density at radius 3 is 1.74 bits per heavy atom. The number of benzene rings is 3. The van der Waals surface area contributed by atoms with Crippen LogP contribution in [0.2, 0.25) is 0 Å². The van der Waals surface area contributed by atoms with Gasteiger partial charge in [-0.1, -0.05) is 30.3 Å². The van der Waals surface area contributed by atoms with Gasteiger partial charge in [-0.15, -0.1) is 0 Å². The fourth-order valence-electron chi connectivity index (χ4n) is 2.85. The van der Waals surface area contributed by atoms with Crippen LogP contribution in [0.3, 0.4) is 0 Å². The van der Waals surface area contributed by atoms with E-state index in [1.54, 1.807) is 66.9 Å². The minimum atomic E-state index is -0.368. The van der Waals surface area contributed by atoms with E-state index in [0.717, 1.165) is 11.1 Å². The van der Waals surface area contributed by atoms with Crippen LogP contribution in [0.15, 0.2) is 83.0 Å². The van der Waals surface area contributed by atoms with E-state index in [1.165, 1.54) is 20.1 Å². The van der Waals surface area contributed by atoms with Crippen LogP contribution in [-0.4, -0.2) is 30.2 Å². The van der Waals surface area contributed by atoms with E-state index in [2.05, 4.69) is 31.7 Å². The summed E-state index contributed by atoms with van der Waals surface area (Å²) in [6, 6.07) is 21.1. The first-order chi connectivity index (χ1) is 16.4. The smallest absolute Gasteiger partial charge is 0.271 e. The SMILES string of the molecule is CC(=O)Nc1ccc(/C=N/NC(=O)c2cccc(N/N=C/c3ccc(NC(C)=O)cc3)c2)cc1. The van der Waals surface area contributed by atoms with Crippen molar-refractivity contribution in [2.75, 3.05) is 16.1 Å². The van der Waals surface area contributed by atoms with Crippen LogP contribution in [0, 0.1) is 0 Å². The lowest BCUT2D eigenvalue weighted by molar-refractivity contribution is -0.115. The summed E-state index contributed by atoms with van der Waals surface area (Å²) in [5.41, 5.74) is 9.43. The maximum Gasteiger partial charge on any atom is 0.271 e. The van der Waals surface area contributed by atoms with Gasteiger partial charge in [0.1, 0.15) is 0 Å². The molecule has 0 bridgehead atoms. The fraction of sp³-hybridized carbons (Fsp3) is 0.0800. The number of amides is 3. The summed E-state index contributed by atoms with van der Waals surface area (Å²) in [5, 5.41) is 13.5. The first-order valence-corrected chi connectivity index (χ1v) is 10.4. The molecule has 3 rings (SSSR count). The van der Waals surface area contributed by atoms with Gasteiger partial charge >= 0.3 is 0 Å². The molecule has 3 aromatic rings.